The summed E-state index contributed by atoms with van der Waals surface area (Å²) in [5, 5.41) is 0. The molecule has 2 aliphatic heterocycles. The van der Waals surface area contributed by atoms with Crippen molar-refractivity contribution >= 4 is 29.8 Å². The molecular weight excluding hydrogens is 536 g/mol. The summed E-state index contributed by atoms with van der Waals surface area (Å²) in [6, 6.07) is 0. The minimum absolute atomic E-state index is 0.000904. The lowest BCUT2D eigenvalue weighted by Crippen LogP contribution is -2.71. The maximum atomic E-state index is 12.9. The van der Waals surface area contributed by atoms with Crippen LogP contribution in [0.25, 0.3) is 0 Å². The van der Waals surface area contributed by atoms with Gasteiger partial charge in [0.15, 0.2) is 0 Å². The van der Waals surface area contributed by atoms with Crippen molar-refractivity contribution in [1.29, 1.82) is 0 Å². The van der Waals surface area contributed by atoms with Crippen molar-refractivity contribution in [2.75, 3.05) is 19.8 Å². The second kappa shape index (κ2) is 11.4. The van der Waals surface area contributed by atoms with Crippen LogP contribution in [0.2, 0.25) is 0 Å². The van der Waals surface area contributed by atoms with Crippen LogP contribution in [0.3, 0.4) is 0 Å². The summed E-state index contributed by atoms with van der Waals surface area (Å²) >= 11 is 0. The van der Waals surface area contributed by atoms with Crippen molar-refractivity contribution in [2.24, 2.45) is 28.6 Å². The van der Waals surface area contributed by atoms with E-state index in [2.05, 4.69) is 0 Å². The lowest BCUT2D eigenvalue weighted by atomic mass is 9.42. The molecule has 8 atom stereocenters. The Morgan fingerprint density at radius 2 is 1.73 bits per heavy atom. The predicted octanol–water partition coefficient (Wildman–Crippen LogP) is 3.07. The van der Waals surface area contributed by atoms with E-state index < -0.39 is 76.4 Å². The van der Waals surface area contributed by atoms with Crippen molar-refractivity contribution in [3.8, 4) is 0 Å². The van der Waals surface area contributed by atoms with E-state index in [1.807, 2.05) is 13.8 Å². The standard InChI is InChI=1S/C30H42O11/c1-16(2)27(35)41-23(21-11-25(34)36-13-21)12-28(7)17(3)10-24(40-20(6)33)30(15-37-18(4)31)26(28)22(39-19(5)32)8-9-29(30)14-38-29/h11,16-17,22-24,26H,8-10,12-15H2,1-7H3/t17-,22-,23+,24+,26-,28+,29+,30-/m1/s1. The molecule has 0 bridgehead atoms. The number of carbonyl (C=O) groups excluding carboxylic acids is 5. The first kappa shape index (κ1) is 31.0. The number of fused-ring (bicyclic) bond motifs is 2. The molecule has 0 radical (unpaired) electrons. The van der Waals surface area contributed by atoms with Crippen LogP contribution in [-0.4, -0.2) is 73.6 Å². The Kier molecular flexibility index (Phi) is 8.60. The van der Waals surface area contributed by atoms with Gasteiger partial charge >= 0.3 is 29.8 Å². The van der Waals surface area contributed by atoms with Crippen LogP contribution in [0.4, 0.5) is 0 Å². The van der Waals surface area contributed by atoms with Gasteiger partial charge in [0.1, 0.15) is 37.1 Å². The highest BCUT2D eigenvalue weighted by atomic mass is 16.6. The molecule has 0 aromatic rings. The molecule has 2 heterocycles. The quantitative estimate of drug-likeness (QED) is 0.226. The van der Waals surface area contributed by atoms with Crippen LogP contribution < -0.4 is 0 Å². The van der Waals surface area contributed by atoms with Crippen LogP contribution >= 0.6 is 0 Å². The van der Waals surface area contributed by atoms with Crippen LogP contribution in [0.5, 0.6) is 0 Å². The highest BCUT2D eigenvalue weighted by Gasteiger charge is 2.77. The minimum atomic E-state index is -1.05. The molecule has 0 unspecified atom stereocenters. The van der Waals surface area contributed by atoms with E-state index in [1.54, 1.807) is 13.8 Å². The topological polar surface area (TPSA) is 144 Å². The lowest BCUT2D eigenvalue weighted by molar-refractivity contribution is -0.259. The third-order valence-electron chi connectivity index (χ3n) is 9.67. The SMILES string of the molecule is CC(=O)OC[C@@]12[C@@H](OC(C)=O)C[C@@H](C)[C@](C)(C[C@H](OC(=O)C(C)C)C3=CC(=O)OC3)[C@H]1[C@H](OC(C)=O)CC[C@]21CO1. The van der Waals surface area contributed by atoms with Gasteiger partial charge in [-0.1, -0.05) is 27.7 Å². The Bertz CT molecular complexity index is 1120. The molecule has 4 aliphatic rings. The van der Waals surface area contributed by atoms with Gasteiger partial charge in [-0.05, 0) is 37.0 Å². The number of cyclic esters (lactones) is 1. The van der Waals surface area contributed by atoms with Crippen molar-refractivity contribution in [3.63, 3.8) is 0 Å². The molecule has 41 heavy (non-hydrogen) atoms. The van der Waals surface area contributed by atoms with Crippen LogP contribution in [0, 0.1) is 28.6 Å². The molecule has 0 aromatic heterocycles. The third-order valence-corrected chi connectivity index (χ3v) is 9.67. The second-order valence-corrected chi connectivity index (χ2v) is 12.6. The van der Waals surface area contributed by atoms with Crippen molar-refractivity contribution in [2.45, 2.75) is 98.1 Å². The zero-order chi connectivity index (χ0) is 30.3. The van der Waals surface area contributed by atoms with Gasteiger partial charge in [-0.15, -0.1) is 0 Å². The fraction of sp³-hybridized carbons (Fsp3) is 0.767. The van der Waals surface area contributed by atoms with Gasteiger partial charge in [0.25, 0.3) is 0 Å². The first-order chi connectivity index (χ1) is 19.1. The second-order valence-electron chi connectivity index (χ2n) is 12.6. The van der Waals surface area contributed by atoms with Gasteiger partial charge < -0.3 is 28.4 Å². The summed E-state index contributed by atoms with van der Waals surface area (Å²) in [4.78, 5) is 62.0. The van der Waals surface area contributed by atoms with Gasteiger partial charge in [-0.25, -0.2) is 4.79 Å². The van der Waals surface area contributed by atoms with E-state index in [-0.39, 0.29) is 25.6 Å². The molecule has 11 nitrogen and oxygen atoms in total. The fourth-order valence-corrected chi connectivity index (χ4v) is 7.56. The third kappa shape index (κ3) is 5.74. The maximum Gasteiger partial charge on any atom is 0.331 e. The Morgan fingerprint density at radius 3 is 2.24 bits per heavy atom. The predicted molar refractivity (Wildman–Crippen MR) is 142 cm³/mol. The average molecular weight is 579 g/mol. The Balaban J connectivity index is 1.88. The van der Waals surface area contributed by atoms with E-state index >= 15 is 0 Å². The largest absolute Gasteiger partial charge is 0.465 e. The van der Waals surface area contributed by atoms with E-state index in [1.165, 1.54) is 26.8 Å². The number of esters is 5. The lowest BCUT2D eigenvalue weighted by Gasteiger charge is -2.64. The van der Waals surface area contributed by atoms with Gasteiger partial charge in [-0.3, -0.25) is 19.2 Å². The normalized spacial score (nSPS) is 36.5. The minimum Gasteiger partial charge on any atom is -0.465 e. The summed E-state index contributed by atoms with van der Waals surface area (Å²) in [7, 11) is 0. The van der Waals surface area contributed by atoms with Crippen molar-refractivity contribution < 1.29 is 52.4 Å². The van der Waals surface area contributed by atoms with E-state index in [0.29, 0.717) is 31.4 Å². The van der Waals surface area contributed by atoms with E-state index in [4.69, 9.17) is 28.4 Å². The van der Waals surface area contributed by atoms with Gasteiger partial charge in [0.05, 0.1) is 17.9 Å². The van der Waals surface area contributed by atoms with Crippen molar-refractivity contribution in [3.05, 3.63) is 11.6 Å². The smallest absolute Gasteiger partial charge is 0.331 e. The summed E-state index contributed by atoms with van der Waals surface area (Å²) in [5.41, 5.74) is -2.00. The monoisotopic (exact) mass is 578 g/mol. The molecule has 11 heteroatoms. The first-order valence-electron chi connectivity index (χ1n) is 14.3. The number of ether oxygens (including phenoxy) is 6. The van der Waals surface area contributed by atoms with Crippen molar-refractivity contribution in [1.82, 2.24) is 0 Å². The molecule has 0 N–H and O–H groups in total. The van der Waals surface area contributed by atoms with Gasteiger partial charge in [0, 0.05) is 38.3 Å². The summed E-state index contributed by atoms with van der Waals surface area (Å²) in [6.07, 6.45) is 0.927. The van der Waals surface area contributed by atoms with E-state index in [9.17, 15) is 24.0 Å². The highest BCUT2D eigenvalue weighted by Crippen LogP contribution is 2.69. The average Bonchev–Trinajstić information content (AvgIpc) is 3.52. The molecule has 3 fully saturated rings. The summed E-state index contributed by atoms with van der Waals surface area (Å²) < 4.78 is 35.0. The fourth-order valence-electron chi connectivity index (χ4n) is 7.56. The van der Waals surface area contributed by atoms with Crippen LogP contribution in [-0.2, 0) is 52.4 Å². The molecule has 2 aliphatic carbocycles. The number of carbonyl (C=O) groups is 5. The molecule has 1 saturated heterocycles. The van der Waals surface area contributed by atoms with Crippen LogP contribution in [0.1, 0.15) is 74.1 Å². The van der Waals surface area contributed by atoms with E-state index in [0.717, 1.165) is 0 Å². The molecule has 0 aromatic carbocycles. The molecule has 4 rings (SSSR count). The summed E-state index contributed by atoms with van der Waals surface area (Å²) in [5.74, 6) is -3.45. The molecular formula is C30H42O11. The zero-order valence-electron chi connectivity index (χ0n) is 25.0. The number of epoxide rings is 1. The molecule has 1 spiro atoms. The Hall–Kier alpha value is -2.95. The molecule has 2 saturated carbocycles. The number of hydrogen-bond donors (Lipinski definition) is 0. The van der Waals surface area contributed by atoms with Crippen LogP contribution in [0.15, 0.2) is 11.6 Å². The number of hydrogen-bond acceptors (Lipinski definition) is 11. The highest BCUT2D eigenvalue weighted by molar-refractivity contribution is 5.85. The molecule has 228 valence electrons. The Morgan fingerprint density at radius 1 is 1.07 bits per heavy atom. The zero-order valence-corrected chi connectivity index (χ0v) is 25.0. The van der Waals surface area contributed by atoms with Gasteiger partial charge in [0.2, 0.25) is 0 Å². The molecule has 0 amide bonds. The summed E-state index contributed by atoms with van der Waals surface area (Å²) in [6.45, 7) is 11.8. The Labute approximate surface area is 240 Å². The van der Waals surface area contributed by atoms with Gasteiger partial charge in [-0.2, -0.15) is 0 Å². The number of rotatable bonds is 9. The first-order valence-corrected chi connectivity index (χ1v) is 14.3. The maximum absolute atomic E-state index is 12.9.